The van der Waals surface area contributed by atoms with E-state index in [1.807, 2.05) is 19.1 Å². The van der Waals surface area contributed by atoms with Crippen molar-refractivity contribution in [1.29, 1.82) is 0 Å². The van der Waals surface area contributed by atoms with E-state index in [-0.39, 0.29) is 0 Å². The Morgan fingerprint density at radius 1 is 0.900 bits per heavy atom. The van der Waals surface area contributed by atoms with Crippen molar-refractivity contribution in [3.8, 4) is 0 Å². The Morgan fingerprint density at radius 3 is 1.85 bits per heavy atom. The van der Waals surface area contributed by atoms with Gasteiger partial charge in [-0.15, -0.1) is 0 Å². The first-order valence-corrected chi connectivity index (χ1v) is 7.18. The van der Waals surface area contributed by atoms with Crippen LogP contribution in [0.4, 0.5) is 0 Å². The molecule has 0 aromatic rings. The van der Waals surface area contributed by atoms with Crippen LogP contribution in [0.3, 0.4) is 0 Å². The highest BCUT2D eigenvalue weighted by Gasteiger charge is 1.84. The molecule has 0 rings (SSSR count). The molecule has 0 aromatic heterocycles. The summed E-state index contributed by atoms with van der Waals surface area (Å²) in [5.41, 5.74) is 4.97. The van der Waals surface area contributed by atoms with E-state index in [1.165, 1.54) is 11.1 Å². The maximum absolute atomic E-state index is 3.82. The quantitative estimate of drug-likeness (QED) is 0.347. The number of hydrogen-bond acceptors (Lipinski definition) is 0. The minimum Gasteiger partial charge on any atom is -0.0988 e. The summed E-state index contributed by atoms with van der Waals surface area (Å²) in [5.74, 6) is 0. The lowest BCUT2D eigenvalue weighted by molar-refractivity contribution is 0.999. The summed E-state index contributed by atoms with van der Waals surface area (Å²) in [7, 11) is 0. The Kier molecular flexibility index (Phi) is 14.4. The Morgan fingerprint density at radius 2 is 1.45 bits per heavy atom. The van der Waals surface area contributed by atoms with Crippen molar-refractivity contribution in [2.24, 2.45) is 0 Å². The molecule has 0 heteroatoms. The second-order valence-electron chi connectivity index (χ2n) is 5.45. The first-order chi connectivity index (χ1) is 9.29. The van der Waals surface area contributed by atoms with Crippen molar-refractivity contribution in [2.75, 3.05) is 0 Å². The lowest BCUT2D eigenvalue weighted by atomic mass is 10.1. The molecule has 0 saturated heterocycles. The topological polar surface area (TPSA) is 0 Å². The van der Waals surface area contributed by atoms with Crippen molar-refractivity contribution in [3.63, 3.8) is 0 Å². The van der Waals surface area contributed by atoms with Gasteiger partial charge in [-0.05, 0) is 53.9 Å². The second kappa shape index (κ2) is 13.9. The van der Waals surface area contributed by atoms with Crippen LogP contribution in [0.2, 0.25) is 0 Å². The molecule has 0 spiro atoms. The highest BCUT2D eigenvalue weighted by Crippen LogP contribution is 2.05. The molecule has 0 aliphatic carbocycles. The Balaban J connectivity index is 0. The van der Waals surface area contributed by atoms with Crippen LogP contribution < -0.4 is 0 Å². The lowest BCUT2D eigenvalue weighted by Gasteiger charge is -1.94. The summed E-state index contributed by atoms with van der Waals surface area (Å²) in [5, 5.41) is 0. The van der Waals surface area contributed by atoms with Gasteiger partial charge in [0.05, 0.1) is 0 Å². The second-order valence-corrected chi connectivity index (χ2v) is 5.45. The van der Waals surface area contributed by atoms with Gasteiger partial charge < -0.3 is 0 Å². The van der Waals surface area contributed by atoms with E-state index < -0.39 is 0 Å². The molecule has 112 valence electrons. The fourth-order valence-electron chi connectivity index (χ4n) is 1.22. The zero-order valence-electron chi connectivity index (χ0n) is 14.1. The predicted octanol–water partition coefficient (Wildman–Crippen LogP) is 6.95. The highest BCUT2D eigenvalue weighted by molar-refractivity contribution is 5.13. The zero-order valence-corrected chi connectivity index (χ0v) is 14.1. The Hall–Kier alpha value is -1.56. The smallest absolute Gasteiger partial charge is 0.0163 e. The molecule has 0 aliphatic heterocycles. The molecular weight excluding hydrogens is 240 g/mol. The van der Waals surface area contributed by atoms with E-state index in [2.05, 4.69) is 65.7 Å². The standard InChI is InChI=1S/2C10H16/c1-9(2)7-5-6-8-10(3)4;1-5-10(4)8-6-7-9(2)3/h5,7-8H,1,6H2,2-4H3;5,7H,1,4,6,8H2,2-3H3. The van der Waals surface area contributed by atoms with Gasteiger partial charge in [0.25, 0.3) is 0 Å². The third-order valence-electron chi connectivity index (χ3n) is 2.37. The van der Waals surface area contributed by atoms with Crippen molar-refractivity contribution in [1.82, 2.24) is 0 Å². The molecule has 0 radical (unpaired) electrons. The van der Waals surface area contributed by atoms with E-state index >= 15 is 0 Å². The van der Waals surface area contributed by atoms with Gasteiger partial charge >= 0.3 is 0 Å². The van der Waals surface area contributed by atoms with Crippen molar-refractivity contribution in [2.45, 2.75) is 53.9 Å². The molecule has 0 amide bonds. The fourth-order valence-corrected chi connectivity index (χ4v) is 1.22. The number of rotatable bonds is 7. The third-order valence-corrected chi connectivity index (χ3v) is 2.37. The summed E-state index contributed by atoms with van der Waals surface area (Å²) < 4.78 is 0. The van der Waals surface area contributed by atoms with E-state index in [4.69, 9.17) is 0 Å². The van der Waals surface area contributed by atoms with Gasteiger partial charge in [-0.25, -0.2) is 0 Å². The van der Waals surface area contributed by atoms with Gasteiger partial charge in [0.15, 0.2) is 0 Å². The molecule has 0 aliphatic rings. The van der Waals surface area contributed by atoms with Gasteiger partial charge in [-0.1, -0.05) is 72.4 Å². The third kappa shape index (κ3) is 21.7. The minimum absolute atomic E-state index is 1.02. The van der Waals surface area contributed by atoms with Crippen LogP contribution in [0, 0.1) is 0 Å². The maximum Gasteiger partial charge on any atom is -0.0163 e. The van der Waals surface area contributed by atoms with Gasteiger partial charge in [0.2, 0.25) is 0 Å². The Labute approximate surface area is 127 Å². The first-order valence-electron chi connectivity index (χ1n) is 7.18. The molecule has 0 atom stereocenters. The minimum atomic E-state index is 1.02. The summed E-state index contributed by atoms with van der Waals surface area (Å²) in [6.07, 6.45) is 13.5. The molecule has 0 nitrogen and oxygen atoms in total. The molecule has 0 N–H and O–H groups in total. The van der Waals surface area contributed by atoms with Gasteiger partial charge in [-0.2, -0.15) is 0 Å². The summed E-state index contributed by atoms with van der Waals surface area (Å²) >= 11 is 0. The molecule has 0 saturated carbocycles. The predicted molar refractivity (Wildman–Crippen MR) is 96.0 cm³/mol. The molecule has 20 heavy (non-hydrogen) atoms. The van der Waals surface area contributed by atoms with Crippen LogP contribution in [0.1, 0.15) is 53.9 Å². The van der Waals surface area contributed by atoms with Crippen LogP contribution >= 0.6 is 0 Å². The van der Waals surface area contributed by atoms with Crippen molar-refractivity contribution < 1.29 is 0 Å². The van der Waals surface area contributed by atoms with Crippen molar-refractivity contribution >= 4 is 0 Å². The largest absolute Gasteiger partial charge is 0.0988 e. The van der Waals surface area contributed by atoms with Crippen LogP contribution in [-0.4, -0.2) is 0 Å². The zero-order chi connectivity index (χ0) is 16.0. The summed E-state index contributed by atoms with van der Waals surface area (Å²) in [4.78, 5) is 0. The molecular formula is C20H32. The van der Waals surface area contributed by atoms with Crippen LogP contribution in [0.15, 0.2) is 72.4 Å². The van der Waals surface area contributed by atoms with Gasteiger partial charge in [0.1, 0.15) is 0 Å². The van der Waals surface area contributed by atoms with Crippen LogP contribution in [-0.2, 0) is 0 Å². The number of allylic oxidation sites excluding steroid dienone is 9. The van der Waals surface area contributed by atoms with E-state index in [1.54, 1.807) is 0 Å². The SMILES string of the molecule is C=C(C)C=CCC=C(C)C.C=CC(=C)CCC=C(C)C. The van der Waals surface area contributed by atoms with Crippen LogP contribution in [0.5, 0.6) is 0 Å². The highest BCUT2D eigenvalue weighted by atomic mass is 13.9. The molecule has 0 fully saturated rings. The summed E-state index contributed by atoms with van der Waals surface area (Å²) in [6, 6.07) is 0. The van der Waals surface area contributed by atoms with Crippen molar-refractivity contribution in [3.05, 3.63) is 72.4 Å². The average Bonchev–Trinajstić information content (AvgIpc) is 2.34. The molecule has 0 unspecified atom stereocenters. The van der Waals surface area contributed by atoms with E-state index in [0.717, 1.165) is 30.4 Å². The molecule has 0 bridgehead atoms. The molecule has 0 aromatic carbocycles. The maximum atomic E-state index is 3.82. The number of hydrogen-bond donors (Lipinski definition) is 0. The monoisotopic (exact) mass is 272 g/mol. The Bertz CT molecular complexity index is 378. The van der Waals surface area contributed by atoms with Gasteiger partial charge in [0, 0.05) is 0 Å². The van der Waals surface area contributed by atoms with Gasteiger partial charge in [-0.3, -0.25) is 0 Å². The normalized spacial score (nSPS) is 9.25. The average molecular weight is 272 g/mol. The van der Waals surface area contributed by atoms with E-state index in [9.17, 15) is 0 Å². The summed E-state index contributed by atoms with van der Waals surface area (Å²) in [6.45, 7) is 21.7. The van der Waals surface area contributed by atoms with E-state index in [0.29, 0.717) is 0 Å². The van der Waals surface area contributed by atoms with Crippen LogP contribution in [0.25, 0.3) is 0 Å². The lowest BCUT2D eigenvalue weighted by Crippen LogP contribution is -1.74. The molecule has 0 heterocycles. The first kappa shape index (κ1) is 20.8. The fraction of sp³-hybridized carbons (Fsp3) is 0.400.